The average molecular weight is 157 g/mol. The Balaban J connectivity index is 2.67. The zero-order valence-electron chi connectivity index (χ0n) is 6.57. The van der Waals surface area contributed by atoms with Gasteiger partial charge in [-0.1, -0.05) is 36.4 Å². The zero-order chi connectivity index (χ0) is 8.39. The fourth-order valence-electron chi connectivity index (χ4n) is 1.29. The highest BCUT2D eigenvalue weighted by atomic mass is 16.3. The number of fused-ring (bicyclic) bond motifs is 1. The first-order valence-corrected chi connectivity index (χ1v) is 3.86. The minimum absolute atomic E-state index is 0.841. The van der Waals surface area contributed by atoms with E-state index in [-0.39, 0.29) is 0 Å². The van der Waals surface area contributed by atoms with E-state index in [9.17, 15) is 0 Å². The second-order valence-corrected chi connectivity index (χ2v) is 2.74. The van der Waals surface area contributed by atoms with Gasteiger partial charge in [0.15, 0.2) is 0 Å². The molecule has 2 rings (SSSR count). The lowest BCUT2D eigenvalue weighted by Gasteiger charge is -1.98. The predicted molar refractivity (Wildman–Crippen MR) is 49.3 cm³/mol. The van der Waals surface area contributed by atoms with Crippen molar-refractivity contribution >= 4 is 10.8 Å². The number of hydrogen-bond acceptors (Lipinski definition) is 1. The summed E-state index contributed by atoms with van der Waals surface area (Å²) in [7, 11) is 0. The van der Waals surface area contributed by atoms with E-state index in [1.165, 1.54) is 5.39 Å². The maximum absolute atomic E-state index is 8.77. The van der Waals surface area contributed by atoms with E-state index < -0.39 is 0 Å². The third kappa shape index (κ3) is 1.19. The van der Waals surface area contributed by atoms with Crippen molar-refractivity contribution in [2.24, 2.45) is 0 Å². The van der Waals surface area contributed by atoms with Gasteiger partial charge < -0.3 is 5.11 Å². The molecule has 0 atom stereocenters. The highest BCUT2D eigenvalue weighted by molar-refractivity contribution is 5.83. The van der Waals surface area contributed by atoms with Crippen LogP contribution in [0, 0.1) is 6.61 Å². The highest BCUT2D eigenvalue weighted by Crippen LogP contribution is 2.15. The summed E-state index contributed by atoms with van der Waals surface area (Å²) in [5.41, 5.74) is 0.841. The van der Waals surface area contributed by atoms with Gasteiger partial charge in [0.2, 0.25) is 0 Å². The smallest absolute Gasteiger partial charge is 0.109 e. The topological polar surface area (TPSA) is 20.2 Å². The molecule has 0 amide bonds. The summed E-state index contributed by atoms with van der Waals surface area (Å²) < 4.78 is 0. The van der Waals surface area contributed by atoms with Crippen molar-refractivity contribution < 1.29 is 5.11 Å². The van der Waals surface area contributed by atoms with Crippen LogP contribution >= 0.6 is 0 Å². The molecule has 0 fully saturated rings. The molecule has 2 aromatic rings. The normalized spacial score (nSPS) is 10.4. The van der Waals surface area contributed by atoms with E-state index in [1.54, 1.807) is 0 Å². The fraction of sp³-hybridized carbons (Fsp3) is 0. The number of aliphatic hydroxyl groups excluding tert-OH is 1. The molecule has 0 saturated heterocycles. The number of benzene rings is 2. The summed E-state index contributed by atoms with van der Waals surface area (Å²) in [6, 6.07) is 13.9. The lowest BCUT2D eigenvalue weighted by atomic mass is 10.1. The van der Waals surface area contributed by atoms with E-state index in [1.807, 2.05) is 36.4 Å². The molecular weight excluding hydrogens is 148 g/mol. The SMILES string of the molecule is O[CH]c1ccc2ccccc2c1. The predicted octanol–water partition coefficient (Wildman–Crippen LogP) is 2.72. The Kier molecular flexibility index (Phi) is 1.80. The number of rotatable bonds is 1. The molecule has 0 heterocycles. The van der Waals surface area contributed by atoms with Crippen molar-refractivity contribution in [3.63, 3.8) is 0 Å². The average Bonchev–Trinajstić information content (AvgIpc) is 2.17. The van der Waals surface area contributed by atoms with E-state index in [0.717, 1.165) is 17.6 Å². The maximum atomic E-state index is 8.77. The first-order chi connectivity index (χ1) is 5.90. The molecule has 1 N–H and O–H groups in total. The van der Waals surface area contributed by atoms with Crippen molar-refractivity contribution in [2.45, 2.75) is 0 Å². The number of aliphatic hydroxyl groups is 1. The molecule has 0 aliphatic heterocycles. The Labute approximate surface area is 71.3 Å². The summed E-state index contributed by atoms with van der Waals surface area (Å²) in [5.74, 6) is 0. The van der Waals surface area contributed by atoms with E-state index in [0.29, 0.717) is 0 Å². The second kappa shape index (κ2) is 2.95. The van der Waals surface area contributed by atoms with Gasteiger partial charge in [-0.2, -0.15) is 0 Å². The maximum Gasteiger partial charge on any atom is 0.109 e. The van der Waals surface area contributed by atoms with Crippen molar-refractivity contribution in [2.75, 3.05) is 0 Å². The van der Waals surface area contributed by atoms with Crippen LogP contribution in [0.15, 0.2) is 42.5 Å². The van der Waals surface area contributed by atoms with Crippen LogP contribution in [0.1, 0.15) is 5.56 Å². The Morgan fingerprint density at radius 1 is 0.917 bits per heavy atom. The van der Waals surface area contributed by atoms with Crippen LogP contribution in [-0.2, 0) is 0 Å². The number of hydrogen-bond donors (Lipinski definition) is 1. The van der Waals surface area contributed by atoms with Crippen LogP contribution in [0.3, 0.4) is 0 Å². The lowest BCUT2D eigenvalue weighted by molar-refractivity contribution is 0.415. The minimum Gasteiger partial charge on any atom is -0.385 e. The molecule has 0 bridgehead atoms. The second-order valence-electron chi connectivity index (χ2n) is 2.74. The standard InChI is InChI=1S/C11H9O/c12-8-9-5-6-10-3-1-2-4-11(10)7-9/h1-8,12H. The summed E-state index contributed by atoms with van der Waals surface area (Å²) in [4.78, 5) is 0. The van der Waals surface area contributed by atoms with Gasteiger partial charge in [0.25, 0.3) is 0 Å². The molecular formula is C11H9O. The van der Waals surface area contributed by atoms with Gasteiger partial charge in [0.1, 0.15) is 6.61 Å². The van der Waals surface area contributed by atoms with Crippen LogP contribution in [0.25, 0.3) is 10.8 Å². The van der Waals surface area contributed by atoms with Crippen molar-refractivity contribution in [1.29, 1.82) is 0 Å². The Bertz CT molecular complexity index is 393. The first kappa shape index (κ1) is 7.32. The summed E-state index contributed by atoms with van der Waals surface area (Å²) >= 11 is 0. The van der Waals surface area contributed by atoms with Crippen LogP contribution < -0.4 is 0 Å². The van der Waals surface area contributed by atoms with E-state index >= 15 is 0 Å². The molecule has 0 aliphatic rings. The fourth-order valence-corrected chi connectivity index (χ4v) is 1.29. The van der Waals surface area contributed by atoms with Gasteiger partial charge in [0, 0.05) is 0 Å². The third-order valence-corrected chi connectivity index (χ3v) is 1.92. The highest BCUT2D eigenvalue weighted by Gasteiger charge is 1.93. The Hall–Kier alpha value is -1.34. The monoisotopic (exact) mass is 157 g/mol. The molecule has 1 radical (unpaired) electrons. The molecule has 12 heavy (non-hydrogen) atoms. The minimum atomic E-state index is 0.841. The van der Waals surface area contributed by atoms with Gasteiger partial charge in [0.05, 0.1) is 0 Å². The molecule has 0 spiro atoms. The van der Waals surface area contributed by atoms with Gasteiger partial charge in [-0.25, -0.2) is 0 Å². The summed E-state index contributed by atoms with van der Waals surface area (Å²) in [5, 5.41) is 11.1. The van der Waals surface area contributed by atoms with E-state index in [2.05, 4.69) is 6.07 Å². The molecule has 0 aromatic heterocycles. The van der Waals surface area contributed by atoms with Crippen molar-refractivity contribution in [3.8, 4) is 0 Å². The molecule has 1 heteroatoms. The molecule has 2 aromatic carbocycles. The van der Waals surface area contributed by atoms with Crippen LogP contribution in [0.4, 0.5) is 0 Å². The van der Waals surface area contributed by atoms with Crippen molar-refractivity contribution in [1.82, 2.24) is 0 Å². The Morgan fingerprint density at radius 3 is 2.42 bits per heavy atom. The van der Waals surface area contributed by atoms with Gasteiger partial charge in [-0.3, -0.25) is 0 Å². The summed E-state index contributed by atoms with van der Waals surface area (Å²) in [6.45, 7) is 1.12. The summed E-state index contributed by atoms with van der Waals surface area (Å²) in [6.07, 6.45) is 0. The van der Waals surface area contributed by atoms with E-state index in [4.69, 9.17) is 5.11 Å². The first-order valence-electron chi connectivity index (χ1n) is 3.86. The van der Waals surface area contributed by atoms with Crippen molar-refractivity contribution in [3.05, 3.63) is 54.6 Å². The van der Waals surface area contributed by atoms with Gasteiger partial charge in [-0.15, -0.1) is 0 Å². The van der Waals surface area contributed by atoms with Crippen LogP contribution in [0.2, 0.25) is 0 Å². The van der Waals surface area contributed by atoms with Crippen LogP contribution in [-0.4, -0.2) is 5.11 Å². The van der Waals surface area contributed by atoms with Gasteiger partial charge in [-0.05, 0) is 22.4 Å². The molecule has 0 saturated carbocycles. The molecule has 0 aliphatic carbocycles. The quantitative estimate of drug-likeness (QED) is 0.674. The third-order valence-electron chi connectivity index (χ3n) is 1.92. The Morgan fingerprint density at radius 2 is 1.67 bits per heavy atom. The zero-order valence-corrected chi connectivity index (χ0v) is 6.57. The van der Waals surface area contributed by atoms with Gasteiger partial charge >= 0.3 is 0 Å². The molecule has 0 unspecified atom stereocenters. The molecule has 1 nitrogen and oxygen atoms in total. The van der Waals surface area contributed by atoms with Crippen LogP contribution in [0.5, 0.6) is 0 Å². The molecule has 59 valence electrons. The lowest BCUT2D eigenvalue weighted by Crippen LogP contribution is -1.79. The largest absolute Gasteiger partial charge is 0.385 e.